The molecule has 0 aliphatic rings. The van der Waals surface area contributed by atoms with Gasteiger partial charge in [-0.2, -0.15) is 0 Å². The van der Waals surface area contributed by atoms with Crippen molar-refractivity contribution in [3.63, 3.8) is 0 Å². The van der Waals surface area contributed by atoms with Crippen LogP contribution in [0, 0.1) is 0 Å². The molecule has 0 heterocycles. The lowest BCUT2D eigenvalue weighted by atomic mass is 10.3. The van der Waals surface area contributed by atoms with E-state index in [1.165, 1.54) is 7.11 Å². The molecule has 0 spiro atoms. The zero-order valence-electron chi connectivity index (χ0n) is 5.61. The summed E-state index contributed by atoms with van der Waals surface area (Å²) in [7, 11) is 1.36. The first kappa shape index (κ1) is 12.4. The lowest BCUT2D eigenvalue weighted by molar-refractivity contribution is -0.139. The molecule has 66 valence electrons. The molecular formula is C5H6Br4O2. The van der Waals surface area contributed by atoms with E-state index >= 15 is 0 Å². The molecule has 0 bridgehead atoms. The van der Waals surface area contributed by atoms with E-state index in [9.17, 15) is 4.79 Å². The Hall–Kier alpha value is 1.39. The van der Waals surface area contributed by atoms with Crippen LogP contribution in [0.2, 0.25) is 0 Å². The fourth-order valence-electron chi connectivity index (χ4n) is 0.414. The van der Waals surface area contributed by atoms with Gasteiger partial charge in [-0.05, 0) is 0 Å². The summed E-state index contributed by atoms with van der Waals surface area (Å²) in [4.78, 5) is 10.5. The Kier molecular flexibility index (Phi) is 5.85. The number of carbonyl (C=O) groups is 1. The highest BCUT2D eigenvalue weighted by Gasteiger charge is 2.27. The maximum absolute atomic E-state index is 10.9. The molecule has 0 amide bonds. The van der Waals surface area contributed by atoms with Gasteiger partial charge in [-0.25, -0.2) is 0 Å². The summed E-state index contributed by atoms with van der Waals surface area (Å²) >= 11 is 13.0. The van der Waals surface area contributed by atoms with E-state index < -0.39 is 2.14 Å². The third-order valence-electron chi connectivity index (χ3n) is 0.868. The quantitative estimate of drug-likeness (QED) is 0.510. The van der Waals surface area contributed by atoms with E-state index in [0.29, 0.717) is 6.42 Å². The van der Waals surface area contributed by atoms with Crippen LogP contribution < -0.4 is 0 Å². The number of ether oxygens (including phenoxy) is 1. The zero-order chi connectivity index (χ0) is 9.07. The fourth-order valence-corrected chi connectivity index (χ4v) is 3.36. The van der Waals surface area contributed by atoms with Gasteiger partial charge >= 0.3 is 5.97 Å². The highest BCUT2D eigenvalue weighted by atomic mass is 80.0. The smallest absolute Gasteiger partial charge is 0.319 e. The Morgan fingerprint density at radius 1 is 1.55 bits per heavy atom. The summed E-state index contributed by atoms with van der Waals surface area (Å²) < 4.78 is 4.10. The molecule has 2 nitrogen and oxygen atoms in total. The Morgan fingerprint density at radius 2 is 2.00 bits per heavy atom. The molecule has 0 N–H and O–H groups in total. The van der Waals surface area contributed by atoms with Gasteiger partial charge in [0.1, 0.15) is 6.97 Å². The number of alkyl halides is 4. The molecule has 0 aromatic rings. The first-order chi connectivity index (χ1) is 4.87. The minimum atomic E-state index is -0.407. The van der Waals surface area contributed by atoms with E-state index in [1.54, 1.807) is 0 Å². The summed E-state index contributed by atoms with van der Waals surface area (Å²) in [6.45, 7) is 0. The molecule has 0 aromatic carbocycles. The highest BCUT2D eigenvalue weighted by Crippen LogP contribution is 2.39. The van der Waals surface area contributed by atoms with E-state index in [2.05, 4.69) is 68.5 Å². The largest absolute Gasteiger partial charge is 0.468 e. The van der Waals surface area contributed by atoms with Crippen LogP contribution in [0.25, 0.3) is 0 Å². The maximum atomic E-state index is 10.9. The van der Waals surface area contributed by atoms with Gasteiger partial charge in [0, 0.05) is 6.42 Å². The molecule has 1 atom stereocenters. The first-order valence-corrected chi connectivity index (χ1v) is 5.95. The molecule has 0 fully saturated rings. The second-order valence-corrected chi connectivity index (χ2v) is 10.2. The van der Waals surface area contributed by atoms with Crippen molar-refractivity contribution in [3.05, 3.63) is 0 Å². The Labute approximate surface area is 98.9 Å². The summed E-state index contributed by atoms with van der Waals surface area (Å²) in [5, 5.41) is 0. The molecule has 0 saturated carbocycles. The topological polar surface area (TPSA) is 26.3 Å². The fraction of sp³-hybridized carbons (Fsp3) is 0.800. The van der Waals surface area contributed by atoms with Crippen molar-refractivity contribution in [3.8, 4) is 0 Å². The van der Waals surface area contributed by atoms with Gasteiger partial charge in [0.15, 0.2) is 0 Å². The number of hydrogen-bond donors (Lipinski definition) is 0. The van der Waals surface area contributed by atoms with Crippen molar-refractivity contribution in [2.75, 3.05) is 7.11 Å². The minimum absolute atomic E-state index is 0.285. The molecular weight excluding hydrogens is 412 g/mol. The van der Waals surface area contributed by atoms with Crippen LogP contribution in [0.4, 0.5) is 0 Å². The number of methoxy groups -OCH3 is 1. The third-order valence-corrected chi connectivity index (χ3v) is 2.54. The van der Waals surface area contributed by atoms with Crippen LogP contribution in [-0.4, -0.2) is 20.0 Å². The predicted octanol–water partition coefficient (Wildman–Crippen LogP) is 3.15. The number of rotatable bonds is 2. The molecule has 0 aliphatic carbocycles. The lowest BCUT2D eigenvalue weighted by Gasteiger charge is -2.14. The third kappa shape index (κ3) is 6.54. The van der Waals surface area contributed by atoms with Gasteiger partial charge in [-0.1, -0.05) is 63.7 Å². The van der Waals surface area contributed by atoms with Gasteiger partial charge in [-0.3, -0.25) is 4.79 Å². The maximum Gasteiger partial charge on any atom is 0.319 e. The van der Waals surface area contributed by atoms with Crippen LogP contribution in [-0.2, 0) is 9.53 Å². The van der Waals surface area contributed by atoms with E-state index in [4.69, 9.17) is 0 Å². The van der Waals surface area contributed by atoms with Crippen molar-refractivity contribution < 1.29 is 9.53 Å². The zero-order valence-corrected chi connectivity index (χ0v) is 12.0. The van der Waals surface area contributed by atoms with Gasteiger partial charge in [0.25, 0.3) is 0 Å². The Bertz CT molecular complexity index is 142. The molecule has 0 aromatic heterocycles. The Balaban J connectivity index is 3.87. The van der Waals surface area contributed by atoms with Crippen molar-refractivity contribution in [2.24, 2.45) is 0 Å². The van der Waals surface area contributed by atoms with E-state index in [0.717, 1.165) is 0 Å². The summed E-state index contributed by atoms with van der Waals surface area (Å²) in [5.74, 6) is -0.285. The average Bonchev–Trinajstić information content (AvgIpc) is 1.82. The number of hydrogen-bond acceptors (Lipinski definition) is 2. The SMILES string of the molecule is COC(=O)C(Br)CC(Br)(Br)Br. The predicted molar refractivity (Wildman–Crippen MR) is 58.9 cm³/mol. The summed E-state index contributed by atoms with van der Waals surface area (Å²) in [5.41, 5.74) is 0. The summed E-state index contributed by atoms with van der Waals surface area (Å²) in [6, 6.07) is 0. The van der Waals surface area contributed by atoms with Crippen LogP contribution in [0.15, 0.2) is 0 Å². The molecule has 11 heavy (non-hydrogen) atoms. The first-order valence-electron chi connectivity index (χ1n) is 2.65. The molecule has 1 unspecified atom stereocenters. The second-order valence-electron chi connectivity index (χ2n) is 1.81. The average molecular weight is 418 g/mol. The van der Waals surface area contributed by atoms with Gasteiger partial charge < -0.3 is 4.74 Å². The second kappa shape index (κ2) is 5.19. The normalized spacial score (nSPS) is 14.3. The number of halogens is 4. The molecule has 0 saturated heterocycles. The summed E-state index contributed by atoms with van der Waals surface area (Å²) in [6.07, 6.45) is 0.541. The van der Waals surface area contributed by atoms with Crippen molar-refractivity contribution in [1.29, 1.82) is 0 Å². The molecule has 0 aliphatic heterocycles. The van der Waals surface area contributed by atoms with Crippen molar-refractivity contribution in [2.45, 2.75) is 13.4 Å². The molecule has 0 rings (SSSR count). The van der Waals surface area contributed by atoms with Crippen molar-refractivity contribution in [1.82, 2.24) is 0 Å². The number of carbonyl (C=O) groups excluding carboxylic acids is 1. The standard InChI is InChI=1S/C5H6Br4O2/c1-11-4(10)3(6)2-5(7,8)9/h3H,2H2,1H3. The van der Waals surface area contributed by atoms with Gasteiger partial charge in [-0.15, -0.1) is 0 Å². The molecule has 6 heteroatoms. The van der Waals surface area contributed by atoms with Crippen LogP contribution in [0.3, 0.4) is 0 Å². The Morgan fingerprint density at radius 3 is 2.27 bits per heavy atom. The van der Waals surface area contributed by atoms with Crippen molar-refractivity contribution >= 4 is 69.7 Å². The van der Waals surface area contributed by atoms with E-state index in [-0.39, 0.29) is 10.8 Å². The minimum Gasteiger partial charge on any atom is -0.468 e. The molecule has 0 radical (unpaired) electrons. The highest BCUT2D eigenvalue weighted by molar-refractivity contribution is 9.39. The van der Waals surface area contributed by atoms with E-state index in [1.807, 2.05) is 0 Å². The van der Waals surface area contributed by atoms with Crippen LogP contribution in [0.1, 0.15) is 6.42 Å². The van der Waals surface area contributed by atoms with Crippen LogP contribution >= 0.6 is 63.7 Å². The van der Waals surface area contributed by atoms with Gasteiger partial charge in [0.05, 0.1) is 7.11 Å². The number of esters is 1. The lowest BCUT2D eigenvalue weighted by Crippen LogP contribution is -2.20. The van der Waals surface area contributed by atoms with Crippen LogP contribution in [0.5, 0.6) is 0 Å². The monoisotopic (exact) mass is 414 g/mol. The van der Waals surface area contributed by atoms with Gasteiger partial charge in [0.2, 0.25) is 0 Å².